The lowest BCUT2D eigenvalue weighted by molar-refractivity contribution is 0.834. The van der Waals surface area contributed by atoms with Gasteiger partial charge in [-0.3, -0.25) is 0 Å². The summed E-state index contributed by atoms with van der Waals surface area (Å²) in [7, 11) is 1.89. The molecule has 0 spiro atoms. The molecule has 1 aromatic heterocycles. The highest BCUT2D eigenvalue weighted by Crippen LogP contribution is 2.45. The van der Waals surface area contributed by atoms with Gasteiger partial charge in [-0.1, -0.05) is 6.92 Å². The second-order valence-corrected chi connectivity index (χ2v) is 3.82. The number of nitrogens with one attached hydrogen (secondary N) is 1. The highest BCUT2D eigenvalue weighted by Gasteiger charge is 2.36. The largest absolute Gasteiger partial charge is 0.373 e. The summed E-state index contributed by atoms with van der Waals surface area (Å²) in [6.07, 6.45) is 1.24. The second-order valence-electron chi connectivity index (χ2n) is 3.82. The lowest BCUT2D eigenvalue weighted by Crippen LogP contribution is -2.00. The van der Waals surface area contributed by atoms with Gasteiger partial charge in [0.2, 0.25) is 0 Å². The zero-order valence-corrected chi connectivity index (χ0v) is 8.33. The predicted octanol–water partition coefficient (Wildman–Crippen LogP) is 1.95. The van der Waals surface area contributed by atoms with Crippen LogP contribution in [0.5, 0.6) is 0 Å². The van der Waals surface area contributed by atoms with Crippen LogP contribution in [0.1, 0.15) is 30.8 Å². The molecule has 1 N–H and O–H groups in total. The van der Waals surface area contributed by atoms with Crippen molar-refractivity contribution in [2.75, 3.05) is 12.4 Å². The average Bonchev–Trinajstić information content (AvgIpc) is 2.81. The zero-order chi connectivity index (χ0) is 9.42. The van der Waals surface area contributed by atoms with E-state index in [9.17, 15) is 0 Å². The zero-order valence-electron chi connectivity index (χ0n) is 8.33. The van der Waals surface area contributed by atoms with E-state index in [1.54, 1.807) is 0 Å². The SMILES string of the molecule is CNc1cc(C)nc(C2CC2C)n1. The van der Waals surface area contributed by atoms with Crippen molar-refractivity contribution in [3.8, 4) is 0 Å². The normalized spacial score (nSPS) is 25.8. The highest BCUT2D eigenvalue weighted by atomic mass is 15.0. The lowest BCUT2D eigenvalue weighted by atomic mass is 10.3. The molecule has 3 nitrogen and oxygen atoms in total. The van der Waals surface area contributed by atoms with E-state index >= 15 is 0 Å². The topological polar surface area (TPSA) is 37.8 Å². The van der Waals surface area contributed by atoms with E-state index in [-0.39, 0.29) is 0 Å². The standard InChI is InChI=1S/C10H15N3/c1-6-4-8(6)10-12-7(2)5-9(11-3)13-10/h5-6,8H,4H2,1-3H3,(H,11,12,13). The summed E-state index contributed by atoms with van der Waals surface area (Å²) in [6, 6.07) is 1.97. The van der Waals surface area contributed by atoms with Crippen LogP contribution in [-0.4, -0.2) is 17.0 Å². The summed E-state index contributed by atoms with van der Waals surface area (Å²) < 4.78 is 0. The molecule has 70 valence electrons. The number of hydrogen-bond donors (Lipinski definition) is 1. The molecular formula is C10H15N3. The molecule has 1 fully saturated rings. The molecule has 3 heteroatoms. The summed E-state index contributed by atoms with van der Waals surface area (Å²) in [5, 5.41) is 3.05. The van der Waals surface area contributed by atoms with Crippen molar-refractivity contribution in [2.24, 2.45) is 5.92 Å². The van der Waals surface area contributed by atoms with Gasteiger partial charge in [0.25, 0.3) is 0 Å². The third kappa shape index (κ3) is 1.64. The number of nitrogens with zero attached hydrogens (tertiary/aromatic N) is 2. The van der Waals surface area contributed by atoms with Crippen molar-refractivity contribution in [1.29, 1.82) is 0 Å². The van der Waals surface area contributed by atoms with Gasteiger partial charge < -0.3 is 5.32 Å². The molecule has 0 bridgehead atoms. The molecule has 0 amide bonds. The number of aryl methyl sites for hydroxylation is 1. The molecule has 2 rings (SSSR count). The molecule has 2 unspecified atom stereocenters. The van der Waals surface area contributed by atoms with Gasteiger partial charge in [0.1, 0.15) is 11.6 Å². The van der Waals surface area contributed by atoms with Crippen molar-refractivity contribution < 1.29 is 0 Å². The molecule has 1 aromatic rings. The molecule has 1 aliphatic rings. The Morgan fingerprint density at radius 2 is 2.15 bits per heavy atom. The Hall–Kier alpha value is -1.12. The first-order valence-electron chi connectivity index (χ1n) is 4.74. The van der Waals surface area contributed by atoms with Crippen LogP contribution in [0.2, 0.25) is 0 Å². The molecule has 0 saturated heterocycles. The Kier molecular flexibility index (Phi) is 1.94. The summed E-state index contributed by atoms with van der Waals surface area (Å²) in [5.41, 5.74) is 1.05. The van der Waals surface area contributed by atoms with Gasteiger partial charge in [-0.15, -0.1) is 0 Å². The van der Waals surface area contributed by atoms with Crippen LogP contribution >= 0.6 is 0 Å². The Labute approximate surface area is 78.6 Å². The number of anilines is 1. The average molecular weight is 177 g/mol. The Morgan fingerprint density at radius 3 is 2.69 bits per heavy atom. The summed E-state index contributed by atoms with van der Waals surface area (Å²) in [5.74, 6) is 3.32. The Balaban J connectivity index is 2.30. The van der Waals surface area contributed by atoms with Crippen molar-refractivity contribution in [3.63, 3.8) is 0 Å². The van der Waals surface area contributed by atoms with E-state index < -0.39 is 0 Å². The van der Waals surface area contributed by atoms with Gasteiger partial charge in [0, 0.05) is 24.7 Å². The van der Waals surface area contributed by atoms with E-state index in [1.165, 1.54) is 6.42 Å². The fourth-order valence-electron chi connectivity index (χ4n) is 1.57. The molecule has 2 atom stereocenters. The third-order valence-corrected chi connectivity index (χ3v) is 2.57. The third-order valence-electron chi connectivity index (χ3n) is 2.57. The molecule has 0 aliphatic heterocycles. The molecule has 1 saturated carbocycles. The fourth-order valence-corrected chi connectivity index (χ4v) is 1.57. The maximum absolute atomic E-state index is 4.44. The summed E-state index contributed by atoms with van der Waals surface area (Å²) in [6.45, 7) is 4.26. The van der Waals surface area contributed by atoms with Gasteiger partial charge in [-0.2, -0.15) is 0 Å². The van der Waals surface area contributed by atoms with Crippen LogP contribution in [0, 0.1) is 12.8 Å². The summed E-state index contributed by atoms with van der Waals surface area (Å²) >= 11 is 0. The minimum Gasteiger partial charge on any atom is -0.373 e. The smallest absolute Gasteiger partial charge is 0.134 e. The summed E-state index contributed by atoms with van der Waals surface area (Å²) in [4.78, 5) is 8.89. The van der Waals surface area contributed by atoms with Crippen LogP contribution < -0.4 is 5.32 Å². The fraction of sp³-hybridized carbons (Fsp3) is 0.600. The highest BCUT2D eigenvalue weighted by molar-refractivity contribution is 5.35. The first-order valence-corrected chi connectivity index (χ1v) is 4.74. The van der Waals surface area contributed by atoms with Gasteiger partial charge in [-0.25, -0.2) is 9.97 Å². The van der Waals surface area contributed by atoms with Crippen molar-refractivity contribution in [1.82, 2.24) is 9.97 Å². The van der Waals surface area contributed by atoms with Gasteiger partial charge in [0.15, 0.2) is 0 Å². The Morgan fingerprint density at radius 1 is 1.46 bits per heavy atom. The lowest BCUT2D eigenvalue weighted by Gasteiger charge is -2.03. The number of hydrogen-bond acceptors (Lipinski definition) is 3. The first kappa shape index (κ1) is 8.48. The monoisotopic (exact) mass is 177 g/mol. The van der Waals surface area contributed by atoms with E-state index in [2.05, 4.69) is 22.2 Å². The molecule has 0 radical (unpaired) electrons. The minimum atomic E-state index is 0.604. The molecule has 1 heterocycles. The predicted molar refractivity (Wildman–Crippen MR) is 52.8 cm³/mol. The quantitative estimate of drug-likeness (QED) is 0.750. The van der Waals surface area contributed by atoms with Gasteiger partial charge in [0.05, 0.1) is 0 Å². The van der Waals surface area contributed by atoms with Gasteiger partial charge in [-0.05, 0) is 19.3 Å². The van der Waals surface area contributed by atoms with E-state index in [1.807, 2.05) is 20.0 Å². The van der Waals surface area contributed by atoms with Crippen molar-refractivity contribution in [3.05, 3.63) is 17.6 Å². The van der Waals surface area contributed by atoms with Crippen molar-refractivity contribution >= 4 is 5.82 Å². The number of rotatable bonds is 2. The van der Waals surface area contributed by atoms with E-state index in [0.29, 0.717) is 5.92 Å². The van der Waals surface area contributed by atoms with E-state index in [0.717, 1.165) is 23.3 Å². The van der Waals surface area contributed by atoms with Crippen LogP contribution in [0.3, 0.4) is 0 Å². The molecule has 1 aliphatic carbocycles. The Bertz CT molecular complexity index is 322. The molecular weight excluding hydrogens is 162 g/mol. The van der Waals surface area contributed by atoms with Crippen LogP contribution in [0.25, 0.3) is 0 Å². The molecule has 0 aromatic carbocycles. The van der Waals surface area contributed by atoms with Crippen molar-refractivity contribution in [2.45, 2.75) is 26.2 Å². The van der Waals surface area contributed by atoms with Crippen LogP contribution in [-0.2, 0) is 0 Å². The maximum Gasteiger partial charge on any atom is 0.134 e. The molecule has 13 heavy (non-hydrogen) atoms. The maximum atomic E-state index is 4.44. The van der Waals surface area contributed by atoms with Crippen LogP contribution in [0.4, 0.5) is 5.82 Å². The minimum absolute atomic E-state index is 0.604. The first-order chi connectivity index (χ1) is 6.20. The van der Waals surface area contributed by atoms with Crippen LogP contribution in [0.15, 0.2) is 6.07 Å². The van der Waals surface area contributed by atoms with E-state index in [4.69, 9.17) is 0 Å². The van der Waals surface area contributed by atoms with Gasteiger partial charge >= 0.3 is 0 Å². The number of aromatic nitrogens is 2. The second kappa shape index (κ2) is 2.98.